The molecule has 37 heavy (non-hydrogen) atoms. The van der Waals surface area contributed by atoms with E-state index < -0.39 is 6.04 Å². The van der Waals surface area contributed by atoms with Crippen LogP contribution in [0.4, 0.5) is 11.5 Å². The number of aromatic amines is 1. The fraction of sp³-hybridized carbons (Fsp3) is 0.214. The lowest BCUT2D eigenvalue weighted by Gasteiger charge is -2.25. The van der Waals surface area contributed by atoms with E-state index in [4.69, 9.17) is 11.6 Å². The highest BCUT2D eigenvalue weighted by molar-refractivity contribution is 6.36. The van der Waals surface area contributed by atoms with Gasteiger partial charge in [-0.15, -0.1) is 0 Å². The topological polar surface area (TPSA) is 95.9 Å². The quantitative estimate of drug-likeness (QED) is 0.342. The van der Waals surface area contributed by atoms with Crippen LogP contribution in [0.1, 0.15) is 31.5 Å². The van der Waals surface area contributed by atoms with Crippen LogP contribution < -0.4 is 21.2 Å². The number of H-pyrrole nitrogens is 1. The molecule has 2 aromatic carbocycles. The van der Waals surface area contributed by atoms with E-state index in [0.717, 1.165) is 31.6 Å². The summed E-state index contributed by atoms with van der Waals surface area (Å²) in [5.74, 6) is 0.369. The van der Waals surface area contributed by atoms with Crippen LogP contribution in [0.3, 0.4) is 0 Å². The van der Waals surface area contributed by atoms with Crippen LogP contribution in [0.2, 0.25) is 5.02 Å². The minimum atomic E-state index is -0.474. The molecule has 0 amide bonds. The molecule has 0 spiro atoms. The second-order valence-electron chi connectivity index (χ2n) is 9.22. The zero-order chi connectivity index (χ0) is 25.5. The van der Waals surface area contributed by atoms with E-state index in [9.17, 15) is 9.59 Å². The number of para-hydroxylation sites is 1. The van der Waals surface area contributed by atoms with Crippen molar-refractivity contribution < 1.29 is 0 Å². The van der Waals surface area contributed by atoms with Crippen LogP contribution in [-0.4, -0.2) is 32.6 Å². The SMILES string of the molecule is C[C@H](Nc1ncnc2[nH]ccc(=O)c12)c1c(Cl)c2cccc(N3CCCC3)c2c(=O)n1-c1ccccc1. The summed E-state index contributed by atoms with van der Waals surface area (Å²) in [5, 5.41) is 5.47. The fourth-order valence-electron chi connectivity index (χ4n) is 5.23. The summed E-state index contributed by atoms with van der Waals surface area (Å²) in [4.78, 5) is 40.7. The Balaban J connectivity index is 1.59. The Kier molecular flexibility index (Phi) is 5.88. The first kappa shape index (κ1) is 23.2. The Morgan fingerprint density at radius 2 is 1.76 bits per heavy atom. The highest BCUT2D eigenvalue weighted by Crippen LogP contribution is 2.36. The van der Waals surface area contributed by atoms with E-state index in [2.05, 4.69) is 25.2 Å². The molecule has 0 radical (unpaired) electrons. The molecular formula is C28H25ClN6O2. The van der Waals surface area contributed by atoms with Crippen molar-refractivity contribution in [2.24, 2.45) is 0 Å². The normalized spacial score (nSPS) is 14.4. The van der Waals surface area contributed by atoms with E-state index in [1.54, 1.807) is 10.8 Å². The maximum absolute atomic E-state index is 14.3. The number of fused-ring (bicyclic) bond motifs is 2. The standard InChI is InChI=1S/C28H25ClN6O2/c1-17(33-27-23-21(36)12-13-30-26(23)31-16-32-27)25-24(29)19-10-7-11-20(34-14-5-6-15-34)22(19)28(37)35(25)18-8-3-2-4-9-18/h2-4,7-13,16-17H,5-6,14-15H2,1H3,(H2,30,31,32,33,36)/t17-/m0/s1. The van der Waals surface area contributed by atoms with Crippen molar-refractivity contribution in [3.63, 3.8) is 0 Å². The van der Waals surface area contributed by atoms with Crippen molar-refractivity contribution in [2.45, 2.75) is 25.8 Å². The minimum Gasteiger partial charge on any atom is -0.371 e. The molecule has 1 saturated heterocycles. The third-order valence-electron chi connectivity index (χ3n) is 6.93. The molecule has 6 rings (SSSR count). The smallest absolute Gasteiger partial charge is 0.265 e. The molecule has 186 valence electrons. The molecule has 2 N–H and O–H groups in total. The first-order chi connectivity index (χ1) is 18.0. The van der Waals surface area contributed by atoms with Crippen LogP contribution in [0.5, 0.6) is 0 Å². The van der Waals surface area contributed by atoms with Gasteiger partial charge < -0.3 is 15.2 Å². The molecule has 4 heterocycles. The molecule has 1 atom stereocenters. The number of pyridine rings is 2. The summed E-state index contributed by atoms with van der Waals surface area (Å²) in [6, 6.07) is 16.3. The number of rotatable bonds is 5. The Hall–Kier alpha value is -4.17. The van der Waals surface area contributed by atoms with Crippen LogP contribution >= 0.6 is 11.6 Å². The number of benzene rings is 2. The van der Waals surface area contributed by atoms with Gasteiger partial charge in [0.15, 0.2) is 5.43 Å². The monoisotopic (exact) mass is 512 g/mol. The average molecular weight is 513 g/mol. The van der Waals surface area contributed by atoms with Crippen LogP contribution in [0, 0.1) is 0 Å². The number of nitrogens with zero attached hydrogens (tertiary/aromatic N) is 4. The number of aromatic nitrogens is 4. The second kappa shape index (κ2) is 9.37. The average Bonchev–Trinajstić information content (AvgIpc) is 3.46. The maximum Gasteiger partial charge on any atom is 0.265 e. The third kappa shape index (κ3) is 3.94. The Morgan fingerprint density at radius 3 is 2.54 bits per heavy atom. The van der Waals surface area contributed by atoms with Crippen molar-refractivity contribution in [1.29, 1.82) is 0 Å². The van der Waals surface area contributed by atoms with Crippen molar-refractivity contribution in [3.8, 4) is 5.69 Å². The lowest BCUT2D eigenvalue weighted by Crippen LogP contribution is -2.28. The summed E-state index contributed by atoms with van der Waals surface area (Å²) in [6.45, 7) is 3.73. The van der Waals surface area contributed by atoms with Gasteiger partial charge in [-0.25, -0.2) is 9.97 Å². The highest BCUT2D eigenvalue weighted by Gasteiger charge is 2.25. The number of hydrogen-bond acceptors (Lipinski definition) is 6. The van der Waals surface area contributed by atoms with Gasteiger partial charge in [0.25, 0.3) is 5.56 Å². The first-order valence-electron chi connectivity index (χ1n) is 12.3. The van der Waals surface area contributed by atoms with Crippen LogP contribution in [0.15, 0.2) is 76.7 Å². The third-order valence-corrected chi connectivity index (χ3v) is 7.33. The molecule has 1 aliphatic rings. The molecular weight excluding hydrogens is 488 g/mol. The van der Waals surface area contributed by atoms with Crippen LogP contribution in [-0.2, 0) is 0 Å². The Morgan fingerprint density at radius 1 is 0.973 bits per heavy atom. The predicted molar refractivity (Wildman–Crippen MR) is 148 cm³/mol. The molecule has 9 heteroatoms. The van der Waals surface area contributed by atoms with Gasteiger partial charge in [-0.05, 0) is 38.0 Å². The van der Waals surface area contributed by atoms with Gasteiger partial charge in [-0.1, -0.05) is 41.9 Å². The molecule has 0 aliphatic carbocycles. The van der Waals surface area contributed by atoms with Crippen molar-refractivity contribution in [2.75, 3.05) is 23.3 Å². The molecule has 5 aromatic rings. The van der Waals surface area contributed by atoms with Gasteiger partial charge in [0.05, 0.1) is 27.8 Å². The first-order valence-corrected chi connectivity index (χ1v) is 12.7. The number of hydrogen-bond donors (Lipinski definition) is 2. The minimum absolute atomic E-state index is 0.137. The second-order valence-corrected chi connectivity index (χ2v) is 9.60. The number of halogens is 1. The Bertz CT molecular complexity index is 1740. The lowest BCUT2D eigenvalue weighted by atomic mass is 10.0. The predicted octanol–water partition coefficient (Wildman–Crippen LogP) is 5.05. The van der Waals surface area contributed by atoms with Gasteiger partial charge in [-0.3, -0.25) is 14.2 Å². The molecule has 1 aliphatic heterocycles. The summed E-state index contributed by atoms with van der Waals surface area (Å²) < 4.78 is 1.68. The summed E-state index contributed by atoms with van der Waals surface area (Å²) in [7, 11) is 0. The van der Waals surface area contributed by atoms with Crippen molar-refractivity contribution in [1.82, 2.24) is 19.5 Å². The summed E-state index contributed by atoms with van der Waals surface area (Å²) in [5.41, 5.74) is 2.29. The fourth-order valence-corrected chi connectivity index (χ4v) is 5.64. The van der Waals surface area contributed by atoms with E-state index in [1.165, 1.54) is 12.4 Å². The van der Waals surface area contributed by atoms with E-state index in [0.29, 0.717) is 44.0 Å². The van der Waals surface area contributed by atoms with Crippen LogP contribution in [0.25, 0.3) is 27.5 Å². The van der Waals surface area contributed by atoms with E-state index >= 15 is 0 Å². The van der Waals surface area contributed by atoms with Gasteiger partial charge in [0, 0.05) is 36.4 Å². The molecule has 0 unspecified atom stereocenters. The van der Waals surface area contributed by atoms with Gasteiger partial charge in [0.2, 0.25) is 0 Å². The molecule has 8 nitrogen and oxygen atoms in total. The highest BCUT2D eigenvalue weighted by atomic mass is 35.5. The largest absolute Gasteiger partial charge is 0.371 e. The number of anilines is 2. The molecule has 3 aromatic heterocycles. The molecule has 0 bridgehead atoms. The zero-order valence-electron chi connectivity index (χ0n) is 20.2. The molecule has 1 fully saturated rings. The lowest BCUT2D eigenvalue weighted by molar-refractivity contribution is 0.774. The van der Waals surface area contributed by atoms with E-state index in [-0.39, 0.29) is 11.0 Å². The number of nitrogens with one attached hydrogen (secondary N) is 2. The maximum atomic E-state index is 14.3. The molecule has 0 saturated carbocycles. The van der Waals surface area contributed by atoms with Gasteiger partial charge >= 0.3 is 0 Å². The van der Waals surface area contributed by atoms with Gasteiger partial charge in [0.1, 0.15) is 23.2 Å². The summed E-state index contributed by atoms with van der Waals surface area (Å²) >= 11 is 7.14. The Labute approximate surface area is 217 Å². The van der Waals surface area contributed by atoms with Gasteiger partial charge in [-0.2, -0.15) is 0 Å². The summed E-state index contributed by atoms with van der Waals surface area (Å²) in [6.07, 6.45) is 5.14. The zero-order valence-corrected chi connectivity index (χ0v) is 21.0. The van der Waals surface area contributed by atoms with E-state index in [1.807, 2.05) is 55.5 Å². The van der Waals surface area contributed by atoms with Crippen molar-refractivity contribution in [3.05, 3.63) is 98.4 Å². The van der Waals surface area contributed by atoms with Crippen molar-refractivity contribution >= 4 is 44.9 Å².